The summed E-state index contributed by atoms with van der Waals surface area (Å²) in [7, 11) is 0. The molecule has 0 aliphatic heterocycles. The summed E-state index contributed by atoms with van der Waals surface area (Å²) in [6.45, 7) is 0. The Morgan fingerprint density at radius 3 is 3.08 bits per heavy atom. The number of carbonyl (C=O) groups is 1. The molecule has 0 radical (unpaired) electrons. The Morgan fingerprint density at radius 2 is 2.50 bits per heavy atom. The first-order valence-electron chi connectivity index (χ1n) is 2.98. The SMILES string of the molecule is O=C(N=C=[Se])c1cccnc1Cl. The van der Waals surface area contributed by atoms with Crippen molar-refractivity contribution in [3.63, 3.8) is 0 Å². The minimum atomic E-state index is -0.452. The first kappa shape index (κ1) is 9.30. The summed E-state index contributed by atoms with van der Waals surface area (Å²) in [5.74, 6) is -0.452. The van der Waals surface area contributed by atoms with Crippen LogP contribution in [0.1, 0.15) is 10.4 Å². The molecule has 1 aromatic rings. The number of aliphatic imine (C=N–C) groups is 1. The molecule has 0 unspecified atom stereocenters. The van der Waals surface area contributed by atoms with Crippen LogP contribution in [0, 0.1) is 0 Å². The van der Waals surface area contributed by atoms with Gasteiger partial charge in [0, 0.05) is 0 Å². The number of rotatable bonds is 1. The number of amides is 1. The van der Waals surface area contributed by atoms with E-state index in [-0.39, 0.29) is 10.7 Å². The molecule has 1 amide bonds. The summed E-state index contributed by atoms with van der Waals surface area (Å²) in [5.41, 5.74) is 0.280. The van der Waals surface area contributed by atoms with Gasteiger partial charge in [-0.15, -0.1) is 0 Å². The van der Waals surface area contributed by atoms with Gasteiger partial charge >= 0.3 is 81.6 Å². The topological polar surface area (TPSA) is 42.3 Å². The molecule has 0 bridgehead atoms. The van der Waals surface area contributed by atoms with Crippen LogP contribution in [0.2, 0.25) is 5.15 Å². The molecule has 0 spiro atoms. The van der Waals surface area contributed by atoms with Crippen molar-refractivity contribution in [2.24, 2.45) is 4.99 Å². The van der Waals surface area contributed by atoms with Gasteiger partial charge in [0.15, 0.2) is 0 Å². The molecule has 60 valence electrons. The third-order valence-corrected chi connectivity index (χ3v) is 1.63. The third kappa shape index (κ3) is 2.10. The number of carbonyl (C=O) groups excluding carboxylic acids is 1. The van der Waals surface area contributed by atoms with Crippen molar-refractivity contribution in [3.05, 3.63) is 29.0 Å². The Labute approximate surface area is 81.8 Å². The van der Waals surface area contributed by atoms with E-state index in [1.165, 1.54) is 6.20 Å². The summed E-state index contributed by atoms with van der Waals surface area (Å²) in [6, 6.07) is 3.17. The Hall–Kier alpha value is -0.791. The predicted molar refractivity (Wildman–Crippen MR) is 46.8 cm³/mol. The summed E-state index contributed by atoms with van der Waals surface area (Å²) in [6.07, 6.45) is 1.50. The second-order valence-corrected chi connectivity index (χ2v) is 2.59. The molecule has 0 aliphatic rings. The number of hydrogen-bond donors (Lipinski definition) is 0. The van der Waals surface area contributed by atoms with Gasteiger partial charge in [-0.25, -0.2) is 0 Å². The molecule has 1 rings (SSSR count). The molecule has 0 N–H and O–H groups in total. The maximum absolute atomic E-state index is 11.1. The second-order valence-electron chi connectivity index (χ2n) is 1.85. The zero-order chi connectivity index (χ0) is 8.97. The predicted octanol–water partition coefficient (Wildman–Crippen LogP) is 0.949. The van der Waals surface area contributed by atoms with Crippen LogP contribution >= 0.6 is 11.6 Å². The van der Waals surface area contributed by atoms with Gasteiger partial charge in [0.1, 0.15) is 0 Å². The van der Waals surface area contributed by atoms with Gasteiger partial charge in [-0.05, 0) is 0 Å². The van der Waals surface area contributed by atoms with E-state index < -0.39 is 5.91 Å². The standard InChI is InChI=1S/C7H3ClN2OSe/c8-6-5(2-1-3-9-6)7(11)10-4-12/h1-3H. The monoisotopic (exact) mass is 246 g/mol. The van der Waals surface area contributed by atoms with E-state index in [9.17, 15) is 4.79 Å². The molecule has 12 heavy (non-hydrogen) atoms. The van der Waals surface area contributed by atoms with Crippen molar-refractivity contribution in [1.82, 2.24) is 4.98 Å². The number of nitrogens with zero attached hydrogens (tertiary/aromatic N) is 2. The number of halogens is 1. The van der Waals surface area contributed by atoms with E-state index in [0.717, 1.165) is 0 Å². The molecule has 0 aromatic carbocycles. The van der Waals surface area contributed by atoms with Gasteiger partial charge in [0.05, 0.1) is 0 Å². The minimum absolute atomic E-state index is 0.154. The average molecular weight is 246 g/mol. The maximum atomic E-state index is 11.1. The van der Waals surface area contributed by atoms with E-state index in [2.05, 4.69) is 30.3 Å². The van der Waals surface area contributed by atoms with Gasteiger partial charge in [-0.1, -0.05) is 0 Å². The van der Waals surface area contributed by atoms with Crippen molar-refractivity contribution >= 4 is 37.8 Å². The van der Waals surface area contributed by atoms with Gasteiger partial charge in [0.25, 0.3) is 0 Å². The van der Waals surface area contributed by atoms with Gasteiger partial charge < -0.3 is 0 Å². The van der Waals surface area contributed by atoms with Crippen molar-refractivity contribution < 1.29 is 4.79 Å². The van der Waals surface area contributed by atoms with Crippen LogP contribution in [0.25, 0.3) is 0 Å². The van der Waals surface area contributed by atoms with Crippen LogP contribution in [-0.2, 0) is 0 Å². The van der Waals surface area contributed by atoms with E-state index in [1.54, 1.807) is 12.1 Å². The molecular weight excluding hydrogens is 243 g/mol. The quantitative estimate of drug-likeness (QED) is 0.420. The Balaban J connectivity index is 3.11. The molecule has 1 heterocycles. The Kier molecular flexibility index (Phi) is 3.32. The van der Waals surface area contributed by atoms with Crippen LogP contribution in [0.3, 0.4) is 0 Å². The third-order valence-electron chi connectivity index (χ3n) is 1.14. The summed E-state index contributed by atoms with van der Waals surface area (Å²) < 4.78 is 2.26. The zero-order valence-corrected chi connectivity index (χ0v) is 8.29. The van der Waals surface area contributed by atoms with Crippen LogP contribution in [-0.4, -0.2) is 31.2 Å². The fraction of sp³-hybridized carbons (Fsp3) is 0. The molecule has 0 saturated carbocycles. The molecule has 0 saturated heterocycles. The van der Waals surface area contributed by atoms with Crippen molar-refractivity contribution in [1.29, 1.82) is 0 Å². The second kappa shape index (κ2) is 4.29. The fourth-order valence-corrected chi connectivity index (χ4v) is 1.02. The molecule has 5 heteroatoms. The van der Waals surface area contributed by atoms with Crippen molar-refractivity contribution in [2.75, 3.05) is 0 Å². The van der Waals surface area contributed by atoms with Crippen LogP contribution in [0.15, 0.2) is 23.3 Å². The van der Waals surface area contributed by atoms with Crippen molar-refractivity contribution in [3.8, 4) is 0 Å². The Morgan fingerprint density at radius 1 is 1.75 bits per heavy atom. The molecule has 0 aliphatic carbocycles. The zero-order valence-electron chi connectivity index (χ0n) is 5.82. The number of hydrogen-bond acceptors (Lipinski definition) is 2. The number of aromatic nitrogens is 1. The normalized spacial score (nSPS) is 8.75. The average Bonchev–Trinajstić information content (AvgIpc) is 2.05. The van der Waals surface area contributed by atoms with E-state index >= 15 is 0 Å². The summed E-state index contributed by atoms with van der Waals surface area (Å²) in [4.78, 5) is 18.2. The first-order valence-corrected chi connectivity index (χ1v) is 4.22. The van der Waals surface area contributed by atoms with Crippen LogP contribution in [0.4, 0.5) is 0 Å². The fourth-order valence-electron chi connectivity index (χ4n) is 0.647. The molecule has 0 atom stereocenters. The van der Waals surface area contributed by atoms with Gasteiger partial charge in [0.2, 0.25) is 0 Å². The van der Waals surface area contributed by atoms with Gasteiger partial charge in [-0.2, -0.15) is 0 Å². The summed E-state index contributed by atoms with van der Waals surface area (Å²) >= 11 is 7.99. The van der Waals surface area contributed by atoms with Crippen LogP contribution < -0.4 is 0 Å². The van der Waals surface area contributed by atoms with E-state index in [0.29, 0.717) is 0 Å². The molecular formula is C7H3ClN2OSe. The number of pyridine rings is 1. The van der Waals surface area contributed by atoms with E-state index in [4.69, 9.17) is 11.6 Å². The molecule has 0 fully saturated rings. The van der Waals surface area contributed by atoms with Crippen molar-refractivity contribution in [2.45, 2.75) is 0 Å². The molecule has 3 nitrogen and oxygen atoms in total. The van der Waals surface area contributed by atoms with Gasteiger partial charge in [-0.3, -0.25) is 0 Å². The van der Waals surface area contributed by atoms with E-state index in [1.807, 2.05) is 0 Å². The first-order chi connectivity index (χ1) is 5.75. The Bertz CT molecular complexity index is 360. The molecule has 1 aromatic heterocycles. The van der Waals surface area contributed by atoms with Crippen LogP contribution in [0.5, 0.6) is 0 Å². The summed E-state index contributed by atoms with van der Waals surface area (Å²) in [5, 5.41) is 0.154.